The van der Waals surface area contributed by atoms with Crippen molar-refractivity contribution in [3.05, 3.63) is 65.2 Å². The maximum absolute atomic E-state index is 13.4. The van der Waals surface area contributed by atoms with E-state index >= 15 is 0 Å². The number of sulfonamides is 1. The normalized spacial score (nSPS) is 22.7. The van der Waals surface area contributed by atoms with Crippen molar-refractivity contribution in [3.63, 3.8) is 0 Å². The van der Waals surface area contributed by atoms with Gasteiger partial charge in [-0.3, -0.25) is 4.79 Å². The highest BCUT2D eigenvalue weighted by Gasteiger charge is 2.41. The van der Waals surface area contributed by atoms with Crippen molar-refractivity contribution < 1.29 is 13.2 Å². The van der Waals surface area contributed by atoms with E-state index < -0.39 is 15.4 Å². The second-order valence-corrected chi connectivity index (χ2v) is 12.0. The van der Waals surface area contributed by atoms with Crippen LogP contribution in [-0.4, -0.2) is 31.7 Å². The van der Waals surface area contributed by atoms with E-state index in [4.69, 9.17) is 0 Å². The van der Waals surface area contributed by atoms with Crippen LogP contribution in [0.3, 0.4) is 0 Å². The van der Waals surface area contributed by atoms with Crippen molar-refractivity contribution >= 4 is 15.9 Å². The average Bonchev–Trinajstić information content (AvgIpc) is 2.84. The first-order chi connectivity index (χ1) is 15.8. The Morgan fingerprint density at radius 1 is 1.03 bits per heavy atom. The van der Waals surface area contributed by atoms with Gasteiger partial charge in [-0.1, -0.05) is 55.7 Å². The number of rotatable bonds is 6. The summed E-state index contributed by atoms with van der Waals surface area (Å²) in [5.41, 5.74) is 2.71. The third-order valence-electron chi connectivity index (χ3n) is 7.50. The standard InChI is InChI=1S/C27H36N2O3S/c1-21-9-6-7-12-24(21)19-28-26(30)27(2)17-8-18-29(20-27)33(31,32)25-15-13-23(14-16-25)22-10-4-3-5-11-22/h6-7,9,12-16,22H,3-5,8,10-11,17-20H2,1-2H3,(H,28,30). The first kappa shape index (κ1) is 24.0. The Kier molecular flexibility index (Phi) is 7.25. The van der Waals surface area contributed by atoms with Gasteiger partial charge in [0.1, 0.15) is 0 Å². The van der Waals surface area contributed by atoms with Crippen molar-refractivity contribution in [1.29, 1.82) is 0 Å². The fraction of sp³-hybridized carbons (Fsp3) is 0.519. The number of benzene rings is 2. The molecule has 0 aromatic heterocycles. The van der Waals surface area contributed by atoms with Gasteiger partial charge in [-0.25, -0.2) is 8.42 Å². The van der Waals surface area contributed by atoms with Crippen LogP contribution in [0.25, 0.3) is 0 Å². The van der Waals surface area contributed by atoms with Crippen LogP contribution in [0, 0.1) is 12.3 Å². The molecule has 1 amide bonds. The van der Waals surface area contributed by atoms with Gasteiger partial charge in [-0.15, -0.1) is 0 Å². The number of amides is 1. The van der Waals surface area contributed by atoms with Crippen LogP contribution in [0.1, 0.15) is 74.5 Å². The highest BCUT2D eigenvalue weighted by atomic mass is 32.2. The predicted molar refractivity (Wildman–Crippen MR) is 131 cm³/mol. The van der Waals surface area contributed by atoms with Crippen molar-refractivity contribution in [2.45, 2.75) is 76.2 Å². The molecule has 1 N–H and O–H groups in total. The maximum atomic E-state index is 13.4. The topological polar surface area (TPSA) is 66.5 Å². The van der Waals surface area contributed by atoms with Crippen LogP contribution >= 0.6 is 0 Å². The van der Waals surface area contributed by atoms with Gasteiger partial charge in [0.05, 0.1) is 10.3 Å². The molecule has 6 heteroatoms. The SMILES string of the molecule is Cc1ccccc1CNC(=O)C1(C)CCCN(S(=O)(=O)c2ccc(C3CCCCC3)cc2)C1. The minimum atomic E-state index is -3.63. The number of hydrogen-bond donors (Lipinski definition) is 1. The minimum absolute atomic E-state index is 0.0849. The zero-order valence-electron chi connectivity index (χ0n) is 19.8. The third-order valence-corrected chi connectivity index (χ3v) is 9.36. The van der Waals surface area contributed by atoms with E-state index in [2.05, 4.69) is 5.32 Å². The lowest BCUT2D eigenvalue weighted by Gasteiger charge is -2.38. The number of piperidine rings is 1. The van der Waals surface area contributed by atoms with Crippen LogP contribution in [0.5, 0.6) is 0 Å². The quantitative estimate of drug-likeness (QED) is 0.638. The van der Waals surface area contributed by atoms with Gasteiger partial charge < -0.3 is 5.32 Å². The number of nitrogens with zero attached hydrogens (tertiary/aromatic N) is 1. The first-order valence-corrected chi connectivity index (χ1v) is 13.7. The summed E-state index contributed by atoms with van der Waals surface area (Å²) in [6.45, 7) is 5.02. The Morgan fingerprint density at radius 2 is 1.73 bits per heavy atom. The van der Waals surface area contributed by atoms with E-state index in [1.807, 2.05) is 50.2 Å². The Bertz CT molecular complexity index is 1070. The van der Waals surface area contributed by atoms with E-state index in [1.165, 1.54) is 42.0 Å². The van der Waals surface area contributed by atoms with Gasteiger partial charge in [0.15, 0.2) is 0 Å². The second-order valence-electron chi connectivity index (χ2n) is 10.0. The molecule has 1 saturated heterocycles. The molecule has 2 aromatic carbocycles. The van der Waals surface area contributed by atoms with Gasteiger partial charge in [-0.2, -0.15) is 4.31 Å². The molecule has 1 atom stereocenters. The number of hydrogen-bond acceptors (Lipinski definition) is 3. The van der Waals surface area contributed by atoms with E-state index in [-0.39, 0.29) is 12.5 Å². The summed E-state index contributed by atoms with van der Waals surface area (Å²) in [7, 11) is -3.63. The van der Waals surface area contributed by atoms with Crippen molar-refractivity contribution in [2.75, 3.05) is 13.1 Å². The van der Waals surface area contributed by atoms with Gasteiger partial charge in [-0.05, 0) is 74.3 Å². The Labute approximate surface area is 198 Å². The zero-order valence-corrected chi connectivity index (χ0v) is 20.7. The number of carbonyl (C=O) groups is 1. The van der Waals surface area contributed by atoms with Gasteiger partial charge in [0.25, 0.3) is 0 Å². The summed E-state index contributed by atoms with van der Waals surface area (Å²) in [6, 6.07) is 15.5. The molecule has 1 heterocycles. The maximum Gasteiger partial charge on any atom is 0.243 e. The molecule has 4 rings (SSSR count). The van der Waals surface area contributed by atoms with Crippen LogP contribution in [0.4, 0.5) is 0 Å². The molecule has 1 unspecified atom stereocenters. The van der Waals surface area contributed by atoms with Gasteiger partial charge in [0.2, 0.25) is 15.9 Å². The lowest BCUT2D eigenvalue weighted by atomic mass is 9.82. The molecular formula is C27H36N2O3S. The second kappa shape index (κ2) is 9.98. The highest BCUT2D eigenvalue weighted by Crippen LogP contribution is 2.35. The van der Waals surface area contributed by atoms with Crippen LogP contribution in [0.15, 0.2) is 53.4 Å². The summed E-state index contributed by atoms with van der Waals surface area (Å²) in [5.74, 6) is 0.462. The largest absolute Gasteiger partial charge is 0.352 e. The Balaban J connectivity index is 1.44. The smallest absolute Gasteiger partial charge is 0.243 e. The summed E-state index contributed by atoms with van der Waals surface area (Å²) < 4.78 is 28.3. The zero-order chi connectivity index (χ0) is 23.5. The van der Waals surface area contributed by atoms with E-state index in [9.17, 15) is 13.2 Å². The molecule has 2 aliphatic rings. The van der Waals surface area contributed by atoms with Gasteiger partial charge >= 0.3 is 0 Å². The van der Waals surface area contributed by atoms with Crippen molar-refractivity contribution in [2.24, 2.45) is 5.41 Å². The summed E-state index contributed by atoms with van der Waals surface area (Å²) in [6.07, 6.45) is 7.54. The minimum Gasteiger partial charge on any atom is -0.352 e. The Morgan fingerprint density at radius 3 is 2.42 bits per heavy atom. The average molecular weight is 469 g/mol. The van der Waals surface area contributed by atoms with Gasteiger partial charge in [0, 0.05) is 19.6 Å². The predicted octanol–water partition coefficient (Wildman–Crippen LogP) is 5.15. The number of nitrogens with one attached hydrogen (secondary N) is 1. The van der Waals surface area contributed by atoms with Crippen molar-refractivity contribution in [3.8, 4) is 0 Å². The van der Waals surface area contributed by atoms with E-state index in [1.54, 1.807) is 12.1 Å². The molecule has 0 spiro atoms. The van der Waals surface area contributed by atoms with E-state index in [0.717, 1.165) is 11.1 Å². The molecule has 33 heavy (non-hydrogen) atoms. The van der Waals surface area contributed by atoms with Crippen LogP contribution < -0.4 is 5.32 Å². The number of carbonyl (C=O) groups excluding carboxylic acids is 1. The summed E-state index contributed by atoms with van der Waals surface area (Å²) >= 11 is 0. The molecule has 2 fully saturated rings. The van der Waals surface area contributed by atoms with Crippen molar-refractivity contribution in [1.82, 2.24) is 9.62 Å². The Hall–Kier alpha value is -2.18. The summed E-state index contributed by atoms with van der Waals surface area (Å²) in [5, 5.41) is 3.05. The molecule has 0 radical (unpaired) electrons. The first-order valence-electron chi connectivity index (χ1n) is 12.2. The van der Waals surface area contributed by atoms with Crippen LogP contribution in [0.2, 0.25) is 0 Å². The lowest BCUT2D eigenvalue weighted by molar-refractivity contribution is -0.132. The summed E-state index contributed by atoms with van der Waals surface area (Å²) in [4.78, 5) is 13.4. The molecular weight excluding hydrogens is 432 g/mol. The van der Waals surface area contributed by atoms with Crippen LogP contribution in [-0.2, 0) is 21.4 Å². The van der Waals surface area contributed by atoms with E-state index in [0.29, 0.717) is 36.7 Å². The number of aryl methyl sites for hydroxylation is 1. The fourth-order valence-corrected chi connectivity index (χ4v) is 6.88. The molecule has 1 aliphatic heterocycles. The molecule has 5 nitrogen and oxygen atoms in total. The monoisotopic (exact) mass is 468 g/mol. The highest BCUT2D eigenvalue weighted by molar-refractivity contribution is 7.89. The third kappa shape index (κ3) is 5.33. The fourth-order valence-electron chi connectivity index (χ4n) is 5.28. The molecule has 178 valence electrons. The molecule has 0 bridgehead atoms. The lowest BCUT2D eigenvalue weighted by Crippen LogP contribution is -2.51. The molecule has 2 aromatic rings. The molecule has 1 aliphatic carbocycles. The molecule has 1 saturated carbocycles.